The molecule has 0 radical (unpaired) electrons. The summed E-state index contributed by atoms with van der Waals surface area (Å²) in [5, 5.41) is 18.3. The topological polar surface area (TPSA) is 50.9 Å². The van der Waals surface area contributed by atoms with Gasteiger partial charge < -0.3 is 5.11 Å². The molecule has 1 aromatic heterocycles. The van der Waals surface area contributed by atoms with Gasteiger partial charge in [0, 0.05) is 6.54 Å². The van der Waals surface area contributed by atoms with Gasteiger partial charge >= 0.3 is 0 Å². The summed E-state index contributed by atoms with van der Waals surface area (Å²) in [5.41, 5.74) is 0.889. The molecule has 3 unspecified atom stereocenters. The summed E-state index contributed by atoms with van der Waals surface area (Å²) in [4.78, 5) is 0. The number of hydrogen-bond donors (Lipinski definition) is 1. The first-order valence-electron chi connectivity index (χ1n) is 6.30. The van der Waals surface area contributed by atoms with Gasteiger partial charge in [-0.15, -0.1) is 5.10 Å². The first kappa shape index (κ1) is 11.6. The van der Waals surface area contributed by atoms with Crippen molar-refractivity contribution in [2.75, 3.05) is 0 Å². The smallest absolute Gasteiger partial charge is 0.100 e. The summed E-state index contributed by atoms with van der Waals surface area (Å²) in [6.07, 6.45) is 5.93. The monoisotopic (exact) mass is 223 g/mol. The van der Waals surface area contributed by atoms with Crippen LogP contribution in [-0.4, -0.2) is 20.1 Å². The second kappa shape index (κ2) is 4.95. The van der Waals surface area contributed by atoms with Crippen LogP contribution in [0.2, 0.25) is 0 Å². The summed E-state index contributed by atoms with van der Waals surface area (Å²) >= 11 is 0. The van der Waals surface area contributed by atoms with Crippen molar-refractivity contribution < 1.29 is 5.11 Å². The van der Waals surface area contributed by atoms with Gasteiger partial charge in [-0.1, -0.05) is 31.9 Å². The third kappa shape index (κ3) is 2.12. The van der Waals surface area contributed by atoms with E-state index in [1.165, 1.54) is 12.8 Å². The van der Waals surface area contributed by atoms with Crippen LogP contribution < -0.4 is 0 Å². The Bertz CT molecular complexity index is 337. The quantitative estimate of drug-likeness (QED) is 0.851. The Hall–Kier alpha value is -0.900. The lowest BCUT2D eigenvalue weighted by Gasteiger charge is -2.22. The van der Waals surface area contributed by atoms with Crippen LogP contribution in [0.1, 0.15) is 51.3 Å². The minimum absolute atomic E-state index is 0.383. The van der Waals surface area contributed by atoms with Gasteiger partial charge in [0.15, 0.2) is 0 Å². The van der Waals surface area contributed by atoms with Gasteiger partial charge in [0.2, 0.25) is 0 Å². The van der Waals surface area contributed by atoms with E-state index in [2.05, 4.69) is 24.2 Å². The van der Waals surface area contributed by atoms with E-state index in [1.807, 2.05) is 4.68 Å². The highest BCUT2D eigenvalue weighted by Crippen LogP contribution is 2.39. The van der Waals surface area contributed by atoms with Gasteiger partial charge in [-0.2, -0.15) is 0 Å². The van der Waals surface area contributed by atoms with E-state index in [1.54, 1.807) is 6.20 Å². The highest BCUT2D eigenvalue weighted by molar-refractivity contribution is 5.02. The van der Waals surface area contributed by atoms with Crippen molar-refractivity contribution >= 4 is 0 Å². The maximum absolute atomic E-state index is 10.4. The van der Waals surface area contributed by atoms with Gasteiger partial charge in [-0.05, 0) is 24.7 Å². The molecular formula is C12H21N3O. The molecule has 1 N–H and O–H groups in total. The zero-order valence-electron chi connectivity index (χ0n) is 10.1. The summed E-state index contributed by atoms with van der Waals surface area (Å²) in [7, 11) is 0. The predicted octanol–water partition coefficient (Wildman–Crippen LogP) is 2.16. The highest BCUT2D eigenvalue weighted by atomic mass is 16.3. The number of hydrogen-bond acceptors (Lipinski definition) is 3. The van der Waals surface area contributed by atoms with E-state index >= 15 is 0 Å². The van der Waals surface area contributed by atoms with Crippen molar-refractivity contribution in [3.8, 4) is 0 Å². The van der Waals surface area contributed by atoms with Gasteiger partial charge in [0.05, 0.1) is 11.9 Å². The third-order valence-corrected chi connectivity index (χ3v) is 3.72. The van der Waals surface area contributed by atoms with Crippen LogP contribution in [0.3, 0.4) is 0 Å². The van der Waals surface area contributed by atoms with Crippen LogP contribution in [0.5, 0.6) is 0 Å². The van der Waals surface area contributed by atoms with Crippen LogP contribution in [-0.2, 0) is 6.54 Å². The molecule has 90 valence electrons. The molecule has 1 fully saturated rings. The molecule has 1 aliphatic carbocycles. The van der Waals surface area contributed by atoms with Gasteiger partial charge in [-0.3, -0.25) is 0 Å². The first-order valence-corrected chi connectivity index (χ1v) is 6.30. The molecule has 0 bridgehead atoms. The summed E-state index contributed by atoms with van der Waals surface area (Å²) in [5.74, 6) is 0.995. The van der Waals surface area contributed by atoms with E-state index in [9.17, 15) is 5.11 Å². The van der Waals surface area contributed by atoms with Crippen LogP contribution in [0.4, 0.5) is 0 Å². The van der Waals surface area contributed by atoms with Crippen LogP contribution in [0.15, 0.2) is 6.20 Å². The number of nitrogens with zero attached hydrogens (tertiary/aromatic N) is 3. The largest absolute Gasteiger partial charge is 0.386 e. The lowest BCUT2D eigenvalue weighted by molar-refractivity contribution is 0.0814. The average molecular weight is 223 g/mol. The molecule has 1 heterocycles. The molecule has 0 saturated heterocycles. The van der Waals surface area contributed by atoms with Gasteiger partial charge in [-0.25, -0.2) is 4.68 Å². The molecule has 4 heteroatoms. The standard InChI is InChI=1S/C12H21N3O/c1-3-7-15-11(8-13-14-15)12(16)10-6-4-5-9(10)2/h8-10,12,16H,3-7H2,1-2H3. The van der Waals surface area contributed by atoms with Crippen molar-refractivity contribution in [2.45, 2.75) is 52.2 Å². The number of rotatable bonds is 4. The third-order valence-electron chi connectivity index (χ3n) is 3.72. The summed E-state index contributed by atoms with van der Waals surface area (Å²) in [6.45, 7) is 5.18. The van der Waals surface area contributed by atoms with Crippen molar-refractivity contribution in [1.29, 1.82) is 0 Å². The van der Waals surface area contributed by atoms with Crippen molar-refractivity contribution in [2.24, 2.45) is 11.8 Å². The van der Waals surface area contributed by atoms with E-state index in [4.69, 9.17) is 0 Å². The van der Waals surface area contributed by atoms with Gasteiger partial charge in [0.25, 0.3) is 0 Å². The SMILES string of the molecule is CCCn1nncc1C(O)C1CCCC1C. The Morgan fingerprint density at radius 1 is 1.56 bits per heavy atom. The molecular weight excluding hydrogens is 202 g/mol. The zero-order chi connectivity index (χ0) is 11.5. The number of aryl methyl sites for hydroxylation is 1. The number of aromatic nitrogens is 3. The fourth-order valence-corrected chi connectivity index (χ4v) is 2.74. The van der Waals surface area contributed by atoms with Crippen LogP contribution in [0.25, 0.3) is 0 Å². The molecule has 1 aliphatic rings. The Morgan fingerprint density at radius 2 is 2.38 bits per heavy atom. The molecule has 0 aliphatic heterocycles. The lowest BCUT2D eigenvalue weighted by atomic mass is 9.90. The maximum Gasteiger partial charge on any atom is 0.100 e. The maximum atomic E-state index is 10.4. The predicted molar refractivity (Wildman–Crippen MR) is 61.8 cm³/mol. The molecule has 2 rings (SSSR count). The minimum Gasteiger partial charge on any atom is -0.386 e. The molecule has 0 aromatic carbocycles. The number of aliphatic hydroxyl groups is 1. The Kier molecular flexibility index (Phi) is 3.59. The van der Waals surface area contributed by atoms with Crippen molar-refractivity contribution in [3.05, 3.63) is 11.9 Å². The average Bonchev–Trinajstić information content (AvgIpc) is 2.87. The van der Waals surface area contributed by atoms with E-state index in [0.717, 1.165) is 25.1 Å². The summed E-state index contributed by atoms with van der Waals surface area (Å²) in [6, 6.07) is 0. The Morgan fingerprint density at radius 3 is 3.00 bits per heavy atom. The number of aliphatic hydroxyl groups excluding tert-OH is 1. The molecule has 1 aromatic rings. The van der Waals surface area contributed by atoms with Crippen LogP contribution in [0, 0.1) is 11.8 Å². The van der Waals surface area contributed by atoms with E-state index in [-0.39, 0.29) is 6.10 Å². The second-order valence-electron chi connectivity index (χ2n) is 4.90. The molecule has 1 saturated carbocycles. The van der Waals surface area contributed by atoms with Crippen molar-refractivity contribution in [3.63, 3.8) is 0 Å². The van der Waals surface area contributed by atoms with Crippen LogP contribution >= 0.6 is 0 Å². The fraction of sp³-hybridized carbons (Fsp3) is 0.833. The molecule has 16 heavy (non-hydrogen) atoms. The second-order valence-corrected chi connectivity index (χ2v) is 4.90. The molecule has 0 spiro atoms. The first-order chi connectivity index (χ1) is 7.74. The van der Waals surface area contributed by atoms with E-state index in [0.29, 0.717) is 11.8 Å². The minimum atomic E-state index is -0.390. The van der Waals surface area contributed by atoms with Crippen molar-refractivity contribution in [1.82, 2.24) is 15.0 Å². The zero-order valence-corrected chi connectivity index (χ0v) is 10.1. The lowest BCUT2D eigenvalue weighted by Crippen LogP contribution is -2.19. The van der Waals surface area contributed by atoms with E-state index < -0.39 is 0 Å². The fourth-order valence-electron chi connectivity index (χ4n) is 2.74. The van der Waals surface area contributed by atoms with Gasteiger partial charge in [0.1, 0.15) is 6.10 Å². The Labute approximate surface area is 96.7 Å². The molecule has 4 nitrogen and oxygen atoms in total. The molecule has 3 atom stereocenters. The summed E-state index contributed by atoms with van der Waals surface area (Å²) < 4.78 is 1.84. The molecule has 0 amide bonds. The normalized spacial score (nSPS) is 27.2. The highest BCUT2D eigenvalue weighted by Gasteiger charge is 2.32. The Balaban J connectivity index is 2.13.